The van der Waals surface area contributed by atoms with Crippen molar-refractivity contribution in [3.63, 3.8) is 0 Å². The minimum atomic E-state index is -0.598. The van der Waals surface area contributed by atoms with E-state index in [0.717, 1.165) is 13.0 Å². The molecule has 4 radical (unpaired) electrons. The van der Waals surface area contributed by atoms with Gasteiger partial charge in [-0.15, -0.1) is 0 Å². The molecule has 24 heavy (non-hydrogen) atoms. The van der Waals surface area contributed by atoms with Crippen molar-refractivity contribution in [2.45, 2.75) is 37.8 Å². The van der Waals surface area contributed by atoms with Crippen LogP contribution in [-0.4, -0.2) is 90.5 Å². The van der Waals surface area contributed by atoms with Gasteiger partial charge in [0.15, 0.2) is 16.0 Å². The van der Waals surface area contributed by atoms with Crippen molar-refractivity contribution in [3.05, 3.63) is 0 Å². The van der Waals surface area contributed by atoms with Crippen LogP contribution in [0.15, 0.2) is 0 Å². The number of aliphatic hydroxyl groups excluding tert-OH is 1. The first kappa shape index (κ1) is 22.9. The van der Waals surface area contributed by atoms with Crippen LogP contribution in [-0.2, 0) is 19.1 Å². The molecule has 2 unspecified atom stereocenters. The second-order valence-corrected chi connectivity index (χ2v) is 5.33. The first-order valence-electron chi connectivity index (χ1n) is 7.95. The average molecular weight is 339 g/mol. The number of rotatable bonds is 14. The van der Waals surface area contributed by atoms with Crippen LogP contribution in [0.1, 0.15) is 25.7 Å². The molecule has 0 aromatic rings. The van der Waals surface area contributed by atoms with E-state index in [1.54, 1.807) is 0 Å². The maximum absolute atomic E-state index is 11.6. The van der Waals surface area contributed by atoms with Crippen molar-refractivity contribution in [3.8, 4) is 0 Å². The van der Waals surface area contributed by atoms with Gasteiger partial charge < -0.3 is 29.9 Å². The monoisotopic (exact) mass is 339 g/mol. The van der Waals surface area contributed by atoms with E-state index < -0.39 is 24.0 Å². The molecule has 0 amide bonds. The Hall–Kier alpha value is -1.09. The van der Waals surface area contributed by atoms with Gasteiger partial charge in [0.05, 0.1) is 26.3 Å². The Kier molecular flexibility index (Phi) is 13.6. The SMILES string of the molecule is [B]NC(CCN(CCCCO)CCC(N[B])C(=O)OC)C(=O)OC. The van der Waals surface area contributed by atoms with Crippen LogP contribution in [0, 0.1) is 0 Å². The minimum absolute atomic E-state index is 0.123. The lowest BCUT2D eigenvalue weighted by atomic mass is 10.1. The van der Waals surface area contributed by atoms with E-state index in [1.807, 2.05) is 0 Å². The van der Waals surface area contributed by atoms with Crippen LogP contribution in [0.3, 0.4) is 0 Å². The molecule has 0 fully saturated rings. The lowest BCUT2D eigenvalue weighted by Crippen LogP contribution is -2.42. The fourth-order valence-corrected chi connectivity index (χ4v) is 2.23. The summed E-state index contributed by atoms with van der Waals surface area (Å²) in [7, 11) is 13.3. The molecule has 0 spiro atoms. The standard InChI is InChI=1S/C14H27B2N3O5/c1-23-13(21)11(17-15)5-8-19(7-3-4-10-20)9-6-12(18-16)14(22)24-2/h11-12,17-18,20H,3-10H2,1-2H3. The normalized spacial score (nSPS) is 13.5. The highest BCUT2D eigenvalue weighted by molar-refractivity contribution is 6.06. The van der Waals surface area contributed by atoms with Gasteiger partial charge in [-0.2, -0.15) is 0 Å². The van der Waals surface area contributed by atoms with E-state index in [2.05, 4.69) is 24.8 Å². The number of methoxy groups -OCH3 is 2. The zero-order valence-corrected chi connectivity index (χ0v) is 14.5. The Morgan fingerprint density at radius 2 is 1.42 bits per heavy atom. The highest BCUT2D eigenvalue weighted by Gasteiger charge is 2.20. The fraction of sp³-hybridized carbons (Fsp3) is 0.857. The van der Waals surface area contributed by atoms with Gasteiger partial charge in [0.2, 0.25) is 0 Å². The number of carbonyl (C=O) groups is 2. The third kappa shape index (κ3) is 9.27. The maximum atomic E-state index is 11.6. The fourth-order valence-electron chi connectivity index (χ4n) is 2.23. The Labute approximate surface area is 146 Å². The van der Waals surface area contributed by atoms with Crippen LogP contribution < -0.4 is 10.5 Å². The molecule has 0 aromatic carbocycles. The first-order valence-corrected chi connectivity index (χ1v) is 7.95. The van der Waals surface area contributed by atoms with Crippen LogP contribution in [0.2, 0.25) is 0 Å². The van der Waals surface area contributed by atoms with Gasteiger partial charge in [-0.1, -0.05) is 0 Å². The van der Waals surface area contributed by atoms with Gasteiger partial charge in [0, 0.05) is 19.7 Å². The van der Waals surface area contributed by atoms with Gasteiger partial charge in [-0.3, -0.25) is 9.59 Å². The molecule has 0 aliphatic carbocycles. The summed E-state index contributed by atoms with van der Waals surface area (Å²) in [5.41, 5.74) is 0. The van der Waals surface area contributed by atoms with Gasteiger partial charge in [-0.25, -0.2) is 0 Å². The van der Waals surface area contributed by atoms with Gasteiger partial charge in [0.1, 0.15) is 0 Å². The second kappa shape index (κ2) is 14.3. The smallest absolute Gasteiger partial charge is 0.321 e. The molecule has 0 rings (SSSR count). The zero-order chi connectivity index (χ0) is 18.4. The molecule has 3 N–H and O–H groups in total. The molecule has 10 heteroatoms. The Balaban J connectivity index is 4.55. The number of nitrogens with zero attached hydrogens (tertiary/aromatic N) is 1. The predicted molar refractivity (Wildman–Crippen MR) is 91.4 cm³/mol. The summed E-state index contributed by atoms with van der Waals surface area (Å²) in [5.74, 6) is -0.854. The van der Waals surface area contributed by atoms with Crippen molar-refractivity contribution in [1.29, 1.82) is 0 Å². The van der Waals surface area contributed by atoms with Crippen molar-refractivity contribution in [1.82, 2.24) is 15.4 Å². The van der Waals surface area contributed by atoms with Crippen LogP contribution in [0.5, 0.6) is 0 Å². The Bertz CT molecular complexity index is 335. The topological polar surface area (TPSA) is 100 Å². The van der Waals surface area contributed by atoms with E-state index >= 15 is 0 Å². The van der Waals surface area contributed by atoms with Gasteiger partial charge in [-0.05, 0) is 32.2 Å². The van der Waals surface area contributed by atoms with Gasteiger partial charge in [0.25, 0.3) is 0 Å². The Morgan fingerprint density at radius 3 is 1.75 bits per heavy atom. The highest BCUT2D eigenvalue weighted by Crippen LogP contribution is 2.05. The summed E-state index contributed by atoms with van der Waals surface area (Å²) in [6.07, 6.45) is 2.40. The number of ether oxygens (including phenoxy) is 2. The van der Waals surface area contributed by atoms with E-state index in [4.69, 9.17) is 21.1 Å². The number of unbranched alkanes of at least 4 members (excludes halogenated alkanes) is 1. The number of hydrogen-bond acceptors (Lipinski definition) is 8. The molecule has 0 heterocycles. The molecular formula is C14H27B2N3O5. The zero-order valence-electron chi connectivity index (χ0n) is 14.5. The number of esters is 2. The lowest BCUT2D eigenvalue weighted by molar-refractivity contribution is -0.143. The van der Waals surface area contributed by atoms with E-state index in [9.17, 15) is 9.59 Å². The molecule has 0 aliphatic heterocycles. The summed E-state index contributed by atoms with van der Waals surface area (Å²) in [6.45, 7) is 2.00. The van der Waals surface area contributed by atoms with Crippen molar-refractivity contribution in [2.75, 3.05) is 40.5 Å². The highest BCUT2D eigenvalue weighted by atomic mass is 16.5. The number of carbonyl (C=O) groups excluding carboxylic acids is 2. The molecule has 0 saturated carbocycles. The summed E-state index contributed by atoms with van der Waals surface area (Å²) >= 11 is 0. The van der Waals surface area contributed by atoms with Crippen LogP contribution in [0.4, 0.5) is 0 Å². The van der Waals surface area contributed by atoms with Crippen molar-refractivity contribution in [2.24, 2.45) is 0 Å². The van der Waals surface area contributed by atoms with E-state index in [0.29, 0.717) is 32.4 Å². The molecule has 0 aromatic heterocycles. The molecule has 8 nitrogen and oxygen atoms in total. The molecule has 0 bridgehead atoms. The Morgan fingerprint density at radius 1 is 0.958 bits per heavy atom. The lowest BCUT2D eigenvalue weighted by Gasteiger charge is -2.26. The molecular weight excluding hydrogens is 312 g/mol. The molecule has 134 valence electrons. The van der Waals surface area contributed by atoms with Gasteiger partial charge >= 0.3 is 11.9 Å². The average Bonchev–Trinajstić information content (AvgIpc) is 2.61. The number of aliphatic hydroxyl groups is 1. The largest absolute Gasteiger partial charge is 0.468 e. The van der Waals surface area contributed by atoms with Crippen molar-refractivity contribution < 1.29 is 24.2 Å². The summed E-state index contributed by atoms with van der Waals surface area (Å²) in [4.78, 5) is 25.2. The van der Waals surface area contributed by atoms with Crippen LogP contribution >= 0.6 is 0 Å². The third-order valence-electron chi connectivity index (χ3n) is 3.72. The number of nitrogens with one attached hydrogen (secondary N) is 2. The summed E-state index contributed by atoms with van der Waals surface area (Å²) in [6, 6.07) is -1.20. The van der Waals surface area contributed by atoms with Crippen molar-refractivity contribution >= 4 is 27.9 Å². The molecule has 0 saturated heterocycles. The van der Waals surface area contributed by atoms with E-state index in [-0.39, 0.29) is 6.61 Å². The number of hydrogen-bond donors (Lipinski definition) is 3. The summed E-state index contributed by atoms with van der Waals surface area (Å²) < 4.78 is 9.35. The van der Waals surface area contributed by atoms with Crippen LogP contribution in [0.25, 0.3) is 0 Å². The molecule has 0 aliphatic rings. The first-order chi connectivity index (χ1) is 11.5. The predicted octanol–water partition coefficient (Wildman–Crippen LogP) is -1.73. The minimum Gasteiger partial charge on any atom is -0.468 e. The quantitative estimate of drug-likeness (QED) is 0.195. The summed E-state index contributed by atoms with van der Waals surface area (Å²) in [5, 5.41) is 13.8. The maximum Gasteiger partial charge on any atom is 0.321 e. The third-order valence-corrected chi connectivity index (χ3v) is 3.72. The second-order valence-electron chi connectivity index (χ2n) is 5.33. The molecule has 2 atom stereocenters. The van der Waals surface area contributed by atoms with E-state index in [1.165, 1.54) is 14.2 Å².